The molecule has 31 heavy (non-hydrogen) atoms. The Morgan fingerprint density at radius 2 is 1.90 bits per heavy atom. The van der Waals surface area contributed by atoms with Crippen LogP contribution in [0.3, 0.4) is 0 Å². The number of halogens is 3. The molecule has 3 aromatic rings. The third-order valence-electron chi connectivity index (χ3n) is 4.21. The highest BCUT2D eigenvalue weighted by Crippen LogP contribution is 2.33. The zero-order valence-electron chi connectivity index (χ0n) is 16.9. The number of methoxy groups -OCH3 is 1. The Morgan fingerprint density at radius 3 is 2.61 bits per heavy atom. The number of allylic oxidation sites excluding steroid dienone is 1. The second-order valence-electron chi connectivity index (χ2n) is 6.55. The molecule has 1 unspecified atom stereocenters. The van der Waals surface area contributed by atoms with Crippen LogP contribution < -0.4 is 9.47 Å². The third kappa shape index (κ3) is 5.89. The van der Waals surface area contributed by atoms with E-state index < -0.39 is 18.1 Å². The predicted octanol–water partition coefficient (Wildman–Crippen LogP) is 5.22. The Kier molecular flexibility index (Phi) is 7.40. The number of nitrogens with zero attached hydrogens (tertiary/aromatic N) is 2. The lowest BCUT2D eigenvalue weighted by Gasteiger charge is -2.15. The highest BCUT2D eigenvalue weighted by atomic mass is 32.2. The Balaban J connectivity index is 1.69. The van der Waals surface area contributed by atoms with Crippen molar-refractivity contribution in [3.8, 4) is 11.5 Å². The van der Waals surface area contributed by atoms with E-state index in [1.54, 1.807) is 24.3 Å². The van der Waals surface area contributed by atoms with Gasteiger partial charge in [0.15, 0.2) is 11.5 Å². The van der Waals surface area contributed by atoms with Gasteiger partial charge in [-0.25, -0.2) is 9.97 Å². The second kappa shape index (κ2) is 10.0. The fourth-order valence-electron chi connectivity index (χ4n) is 2.79. The summed E-state index contributed by atoms with van der Waals surface area (Å²) in [5.74, 6) is -0.124. The summed E-state index contributed by atoms with van der Waals surface area (Å²) in [5.41, 5.74) is 1.14. The van der Waals surface area contributed by atoms with Gasteiger partial charge in [-0.15, -0.1) is 11.8 Å². The van der Waals surface area contributed by atoms with Crippen LogP contribution >= 0.6 is 11.8 Å². The maximum Gasteiger partial charge on any atom is 0.451 e. The van der Waals surface area contributed by atoms with Crippen LogP contribution in [0, 0.1) is 0 Å². The van der Waals surface area contributed by atoms with Gasteiger partial charge in [-0.1, -0.05) is 36.4 Å². The molecular formula is C22H21F3N2O3S. The van der Waals surface area contributed by atoms with E-state index in [-0.39, 0.29) is 22.9 Å². The summed E-state index contributed by atoms with van der Waals surface area (Å²) >= 11 is 1.02. The zero-order chi connectivity index (χ0) is 22.4. The quantitative estimate of drug-likeness (QED) is 0.375. The Labute approximate surface area is 181 Å². The topological polar surface area (TPSA) is 64.5 Å². The van der Waals surface area contributed by atoms with Crippen molar-refractivity contribution in [1.82, 2.24) is 9.97 Å². The normalized spacial score (nSPS) is 13.0. The summed E-state index contributed by atoms with van der Waals surface area (Å²) in [7, 11) is 1.52. The lowest BCUT2D eigenvalue weighted by molar-refractivity contribution is -0.145. The first-order chi connectivity index (χ1) is 14.8. The van der Waals surface area contributed by atoms with Gasteiger partial charge in [0.05, 0.1) is 18.7 Å². The number of para-hydroxylation sites is 1. The van der Waals surface area contributed by atoms with Gasteiger partial charge in [-0.05, 0) is 30.7 Å². The van der Waals surface area contributed by atoms with E-state index in [0.717, 1.165) is 17.3 Å². The van der Waals surface area contributed by atoms with Crippen molar-refractivity contribution in [2.24, 2.45) is 0 Å². The molecule has 1 aromatic heterocycles. The number of rotatable bonds is 8. The van der Waals surface area contributed by atoms with Gasteiger partial charge >= 0.3 is 6.18 Å². The molecule has 0 fully saturated rings. The molecule has 1 heterocycles. The van der Waals surface area contributed by atoms with Crippen LogP contribution in [-0.2, 0) is 6.18 Å². The summed E-state index contributed by atoms with van der Waals surface area (Å²) < 4.78 is 50.4. The van der Waals surface area contributed by atoms with Crippen molar-refractivity contribution in [3.05, 3.63) is 59.9 Å². The van der Waals surface area contributed by atoms with E-state index >= 15 is 0 Å². The first-order valence-electron chi connectivity index (χ1n) is 9.40. The second-order valence-corrected chi connectivity index (χ2v) is 7.56. The van der Waals surface area contributed by atoms with Gasteiger partial charge < -0.3 is 14.6 Å². The van der Waals surface area contributed by atoms with Crippen molar-refractivity contribution in [2.75, 3.05) is 19.5 Å². The van der Waals surface area contributed by atoms with Gasteiger partial charge in [0.2, 0.25) is 5.82 Å². The van der Waals surface area contributed by atoms with E-state index in [1.165, 1.54) is 13.2 Å². The van der Waals surface area contributed by atoms with Crippen molar-refractivity contribution in [2.45, 2.75) is 24.2 Å². The van der Waals surface area contributed by atoms with Crippen molar-refractivity contribution in [1.29, 1.82) is 0 Å². The largest absolute Gasteiger partial charge is 0.493 e. The molecule has 164 valence electrons. The van der Waals surface area contributed by atoms with Gasteiger partial charge in [0.1, 0.15) is 11.6 Å². The SMILES string of the molecule is C/C=C/c1ccc(OCC(O)CSc2nc(C(F)(F)F)nc3ccccc23)c(OC)c1. The minimum absolute atomic E-state index is 0.0541. The van der Waals surface area contributed by atoms with Crippen LogP contribution in [0.25, 0.3) is 17.0 Å². The minimum atomic E-state index is -4.66. The highest BCUT2D eigenvalue weighted by molar-refractivity contribution is 7.99. The van der Waals surface area contributed by atoms with E-state index in [0.29, 0.717) is 16.9 Å². The molecule has 3 rings (SSSR count). The average molecular weight is 450 g/mol. The fourth-order valence-corrected chi connectivity index (χ4v) is 3.72. The Bertz CT molecular complexity index is 1070. The smallest absolute Gasteiger partial charge is 0.451 e. The van der Waals surface area contributed by atoms with E-state index in [4.69, 9.17) is 9.47 Å². The van der Waals surface area contributed by atoms with Crippen LogP contribution in [0.1, 0.15) is 18.3 Å². The maximum atomic E-state index is 13.1. The van der Waals surface area contributed by atoms with Crippen LogP contribution in [0.2, 0.25) is 0 Å². The Morgan fingerprint density at radius 1 is 1.13 bits per heavy atom. The molecule has 0 saturated heterocycles. The number of aromatic nitrogens is 2. The first-order valence-corrected chi connectivity index (χ1v) is 10.4. The Hall–Kier alpha value is -2.78. The number of thioether (sulfide) groups is 1. The van der Waals surface area contributed by atoms with Gasteiger partial charge in [0.25, 0.3) is 0 Å². The molecule has 0 amide bonds. The fraction of sp³-hybridized carbons (Fsp3) is 0.273. The van der Waals surface area contributed by atoms with Gasteiger partial charge in [0, 0.05) is 11.1 Å². The van der Waals surface area contributed by atoms with Gasteiger partial charge in [-0.2, -0.15) is 13.2 Å². The number of aliphatic hydroxyl groups is 1. The van der Waals surface area contributed by atoms with Crippen LogP contribution in [0.4, 0.5) is 13.2 Å². The summed E-state index contributed by atoms with van der Waals surface area (Å²) in [5, 5.41) is 11.0. The number of hydrogen-bond acceptors (Lipinski definition) is 6. The highest BCUT2D eigenvalue weighted by Gasteiger charge is 2.35. The monoisotopic (exact) mass is 450 g/mol. The summed E-state index contributed by atoms with van der Waals surface area (Å²) in [4.78, 5) is 7.26. The first kappa shape index (κ1) is 22.9. The molecule has 2 aromatic carbocycles. The lowest BCUT2D eigenvalue weighted by Crippen LogP contribution is -2.20. The van der Waals surface area contributed by atoms with Crippen LogP contribution in [-0.4, -0.2) is 40.6 Å². The molecule has 5 nitrogen and oxygen atoms in total. The number of aliphatic hydroxyl groups excluding tert-OH is 1. The lowest BCUT2D eigenvalue weighted by atomic mass is 10.2. The average Bonchev–Trinajstić information content (AvgIpc) is 2.75. The van der Waals surface area contributed by atoms with Gasteiger partial charge in [-0.3, -0.25) is 0 Å². The standard InChI is InChI=1S/C22H21F3N2O3S/c1-3-6-14-9-10-18(19(11-14)29-2)30-12-15(28)13-31-20-16-7-4-5-8-17(16)26-21(27-20)22(23,24)25/h3-11,15,28H,12-13H2,1-2H3/b6-3+. The minimum Gasteiger partial charge on any atom is -0.493 e. The maximum absolute atomic E-state index is 13.1. The van der Waals surface area contributed by atoms with Crippen molar-refractivity contribution < 1.29 is 27.8 Å². The molecule has 1 N–H and O–H groups in total. The molecule has 0 aliphatic rings. The van der Waals surface area contributed by atoms with E-state index in [9.17, 15) is 18.3 Å². The van der Waals surface area contributed by atoms with Crippen LogP contribution in [0.15, 0.2) is 53.6 Å². The summed E-state index contributed by atoms with van der Waals surface area (Å²) in [6.07, 6.45) is -1.78. The van der Waals surface area contributed by atoms with Crippen LogP contribution in [0.5, 0.6) is 11.5 Å². The summed E-state index contributed by atoms with van der Waals surface area (Å²) in [6.45, 7) is 1.85. The summed E-state index contributed by atoms with van der Waals surface area (Å²) in [6, 6.07) is 11.9. The van der Waals surface area contributed by atoms with Crippen molar-refractivity contribution >= 4 is 28.7 Å². The third-order valence-corrected chi connectivity index (χ3v) is 5.35. The zero-order valence-corrected chi connectivity index (χ0v) is 17.7. The van der Waals surface area contributed by atoms with E-state index in [1.807, 2.05) is 31.2 Å². The number of ether oxygens (including phenoxy) is 2. The molecule has 0 saturated carbocycles. The molecule has 1 atom stereocenters. The number of hydrogen-bond donors (Lipinski definition) is 1. The molecule has 0 aliphatic heterocycles. The molecule has 0 radical (unpaired) electrons. The molecule has 9 heteroatoms. The van der Waals surface area contributed by atoms with E-state index in [2.05, 4.69) is 9.97 Å². The van der Waals surface area contributed by atoms with Crippen molar-refractivity contribution in [3.63, 3.8) is 0 Å². The predicted molar refractivity (Wildman–Crippen MR) is 114 cm³/mol. The molecule has 0 bridgehead atoms. The molecular weight excluding hydrogens is 429 g/mol. The number of fused-ring (bicyclic) bond motifs is 1. The number of alkyl halides is 3. The number of benzene rings is 2. The molecule has 0 spiro atoms. The molecule has 0 aliphatic carbocycles.